The second kappa shape index (κ2) is 6.43. The molecular formula is C18H20ClNS. The van der Waals surface area contributed by atoms with Crippen LogP contribution in [0.5, 0.6) is 0 Å². The summed E-state index contributed by atoms with van der Waals surface area (Å²) in [4.78, 5) is 1.36. The molecule has 3 rings (SSSR count). The van der Waals surface area contributed by atoms with Crippen molar-refractivity contribution in [2.24, 2.45) is 0 Å². The lowest BCUT2D eigenvalue weighted by molar-refractivity contribution is 0.450. The molecule has 1 unspecified atom stereocenters. The maximum atomic E-state index is 6.18. The number of hydrogen-bond donors (Lipinski definition) is 1. The molecule has 2 atom stereocenters. The van der Waals surface area contributed by atoms with Crippen molar-refractivity contribution in [3.05, 3.63) is 64.2 Å². The minimum absolute atomic E-state index is 0.338. The van der Waals surface area contributed by atoms with Gasteiger partial charge in [-0.15, -0.1) is 11.8 Å². The van der Waals surface area contributed by atoms with Crippen molar-refractivity contribution in [2.75, 3.05) is 5.75 Å². The Morgan fingerprint density at radius 3 is 2.71 bits per heavy atom. The first-order valence-corrected chi connectivity index (χ1v) is 8.75. The number of fused-ring (bicyclic) bond motifs is 1. The molecule has 0 saturated heterocycles. The fourth-order valence-corrected chi connectivity index (χ4v) is 4.08. The first-order valence-electron chi connectivity index (χ1n) is 7.38. The van der Waals surface area contributed by atoms with E-state index in [1.54, 1.807) is 0 Å². The number of hydrogen-bond acceptors (Lipinski definition) is 2. The molecule has 0 spiro atoms. The maximum absolute atomic E-state index is 6.18. The van der Waals surface area contributed by atoms with Crippen LogP contribution in [0.15, 0.2) is 47.4 Å². The molecule has 1 heterocycles. The lowest BCUT2D eigenvalue weighted by Gasteiger charge is -2.29. The summed E-state index contributed by atoms with van der Waals surface area (Å²) in [6.07, 6.45) is 1.15. The van der Waals surface area contributed by atoms with Crippen LogP contribution in [0.2, 0.25) is 5.02 Å². The molecule has 0 radical (unpaired) electrons. The van der Waals surface area contributed by atoms with Gasteiger partial charge in [-0.2, -0.15) is 0 Å². The second-order valence-electron chi connectivity index (χ2n) is 5.67. The van der Waals surface area contributed by atoms with Crippen molar-refractivity contribution in [3.8, 4) is 0 Å². The van der Waals surface area contributed by atoms with Crippen LogP contribution in [0.4, 0.5) is 0 Å². The van der Waals surface area contributed by atoms with E-state index in [4.69, 9.17) is 11.6 Å². The second-order valence-corrected chi connectivity index (χ2v) is 7.24. The maximum Gasteiger partial charge on any atom is 0.0410 e. The molecule has 0 amide bonds. The van der Waals surface area contributed by atoms with E-state index in [0.29, 0.717) is 12.1 Å². The zero-order valence-corrected chi connectivity index (χ0v) is 14.0. The van der Waals surface area contributed by atoms with Gasteiger partial charge in [0.1, 0.15) is 0 Å². The minimum atomic E-state index is 0.338. The minimum Gasteiger partial charge on any atom is -0.303 e. The van der Waals surface area contributed by atoms with E-state index in [0.717, 1.165) is 17.2 Å². The zero-order valence-electron chi connectivity index (χ0n) is 12.4. The monoisotopic (exact) mass is 317 g/mol. The number of nitrogens with one attached hydrogen (secondary N) is 1. The van der Waals surface area contributed by atoms with Crippen molar-refractivity contribution in [2.45, 2.75) is 37.2 Å². The molecule has 0 fully saturated rings. The number of thioether (sulfide) groups is 1. The van der Waals surface area contributed by atoms with Crippen LogP contribution in [-0.2, 0) is 0 Å². The van der Waals surface area contributed by atoms with Gasteiger partial charge in [-0.25, -0.2) is 0 Å². The predicted octanol–water partition coefficient (Wildman–Crippen LogP) is 5.54. The van der Waals surface area contributed by atoms with Gasteiger partial charge in [0.05, 0.1) is 0 Å². The van der Waals surface area contributed by atoms with E-state index in [9.17, 15) is 0 Å². The quantitative estimate of drug-likeness (QED) is 0.798. The highest BCUT2D eigenvalue weighted by molar-refractivity contribution is 7.99. The Balaban J connectivity index is 1.80. The first kappa shape index (κ1) is 15.0. The average Bonchev–Trinajstić information content (AvgIpc) is 2.48. The number of benzene rings is 2. The lowest BCUT2D eigenvalue weighted by Crippen LogP contribution is -2.27. The van der Waals surface area contributed by atoms with E-state index >= 15 is 0 Å². The van der Waals surface area contributed by atoms with Crippen molar-refractivity contribution >= 4 is 23.4 Å². The van der Waals surface area contributed by atoms with Gasteiger partial charge in [0, 0.05) is 22.0 Å². The highest BCUT2D eigenvalue weighted by Gasteiger charge is 2.22. The summed E-state index contributed by atoms with van der Waals surface area (Å²) >= 11 is 8.10. The molecule has 0 aromatic heterocycles. The van der Waals surface area contributed by atoms with Crippen LogP contribution in [0.3, 0.4) is 0 Å². The highest BCUT2D eigenvalue weighted by atomic mass is 35.5. The third kappa shape index (κ3) is 3.45. The number of rotatable bonds is 3. The standard InChI is InChI=1S/C18H20ClNS/c1-12-3-5-14(6-4-12)13(2)20-17-9-10-21-18-8-7-15(19)11-16(17)18/h3-8,11,13,17,20H,9-10H2,1-2H3/t13-,17?/m0/s1. The predicted molar refractivity (Wildman–Crippen MR) is 92.3 cm³/mol. The Kier molecular flexibility index (Phi) is 4.58. The Morgan fingerprint density at radius 2 is 1.95 bits per heavy atom. The van der Waals surface area contributed by atoms with E-state index < -0.39 is 0 Å². The third-order valence-corrected chi connectivity index (χ3v) is 5.40. The molecule has 1 N–H and O–H groups in total. The smallest absolute Gasteiger partial charge is 0.0410 e. The van der Waals surface area contributed by atoms with Gasteiger partial charge in [-0.3, -0.25) is 0 Å². The largest absolute Gasteiger partial charge is 0.303 e. The Hall–Kier alpha value is -0.960. The summed E-state index contributed by atoms with van der Waals surface area (Å²) in [5.41, 5.74) is 3.98. The fraction of sp³-hybridized carbons (Fsp3) is 0.333. The molecule has 1 aliphatic heterocycles. The summed E-state index contributed by atoms with van der Waals surface area (Å²) in [5, 5.41) is 4.59. The van der Waals surface area contributed by atoms with Crippen LogP contribution in [-0.4, -0.2) is 5.75 Å². The van der Waals surface area contributed by atoms with Gasteiger partial charge in [0.25, 0.3) is 0 Å². The molecule has 0 saturated carbocycles. The van der Waals surface area contributed by atoms with Crippen molar-refractivity contribution in [1.82, 2.24) is 5.32 Å². The van der Waals surface area contributed by atoms with Crippen LogP contribution < -0.4 is 5.32 Å². The first-order chi connectivity index (χ1) is 10.1. The summed E-state index contributed by atoms with van der Waals surface area (Å²) in [6.45, 7) is 4.36. The van der Waals surface area contributed by atoms with Gasteiger partial charge in [0.15, 0.2) is 0 Å². The summed E-state index contributed by atoms with van der Waals surface area (Å²) in [6, 6.07) is 15.7. The molecule has 0 bridgehead atoms. The molecule has 1 nitrogen and oxygen atoms in total. The molecule has 1 aliphatic rings. The topological polar surface area (TPSA) is 12.0 Å². The molecule has 110 valence electrons. The fourth-order valence-electron chi connectivity index (χ4n) is 2.79. The van der Waals surface area contributed by atoms with Gasteiger partial charge in [-0.05, 0) is 55.3 Å². The summed E-state index contributed by atoms with van der Waals surface area (Å²) < 4.78 is 0. The van der Waals surface area contributed by atoms with Crippen molar-refractivity contribution in [1.29, 1.82) is 0 Å². The average molecular weight is 318 g/mol. The van der Waals surface area contributed by atoms with Crippen LogP contribution in [0, 0.1) is 6.92 Å². The lowest BCUT2D eigenvalue weighted by atomic mass is 10.0. The SMILES string of the molecule is Cc1ccc([C@H](C)NC2CCSc3ccc(Cl)cc32)cc1. The molecule has 21 heavy (non-hydrogen) atoms. The van der Waals surface area contributed by atoms with E-state index in [-0.39, 0.29) is 0 Å². The van der Waals surface area contributed by atoms with Crippen molar-refractivity contribution in [3.63, 3.8) is 0 Å². The Bertz CT molecular complexity index is 624. The molecule has 2 aromatic rings. The Labute approximate surface area is 136 Å². The molecule has 2 aromatic carbocycles. The molecular weight excluding hydrogens is 298 g/mol. The summed E-state index contributed by atoms with van der Waals surface area (Å²) in [7, 11) is 0. The highest BCUT2D eigenvalue weighted by Crippen LogP contribution is 2.38. The summed E-state index contributed by atoms with van der Waals surface area (Å²) in [5.74, 6) is 1.16. The van der Waals surface area contributed by atoms with Gasteiger partial charge >= 0.3 is 0 Å². The van der Waals surface area contributed by atoms with Crippen molar-refractivity contribution < 1.29 is 0 Å². The zero-order chi connectivity index (χ0) is 14.8. The van der Waals surface area contributed by atoms with Crippen LogP contribution in [0.25, 0.3) is 0 Å². The molecule has 3 heteroatoms. The van der Waals surface area contributed by atoms with Gasteiger partial charge < -0.3 is 5.32 Å². The van der Waals surface area contributed by atoms with Gasteiger partial charge in [-0.1, -0.05) is 41.4 Å². The van der Waals surface area contributed by atoms with E-state index in [1.165, 1.54) is 21.6 Å². The number of halogens is 1. The van der Waals surface area contributed by atoms with Crippen LogP contribution in [0.1, 0.15) is 42.1 Å². The third-order valence-electron chi connectivity index (χ3n) is 4.04. The van der Waals surface area contributed by atoms with E-state index in [1.807, 2.05) is 17.8 Å². The van der Waals surface area contributed by atoms with Crippen LogP contribution >= 0.6 is 23.4 Å². The van der Waals surface area contributed by atoms with E-state index in [2.05, 4.69) is 55.6 Å². The van der Waals surface area contributed by atoms with Gasteiger partial charge in [0.2, 0.25) is 0 Å². The normalized spacial score (nSPS) is 19.1. The molecule has 0 aliphatic carbocycles. The Morgan fingerprint density at radius 1 is 1.19 bits per heavy atom. The number of aryl methyl sites for hydroxylation is 1.